The van der Waals surface area contributed by atoms with Crippen LogP contribution in [-0.2, 0) is 10.0 Å². The molecule has 0 aromatic heterocycles. The van der Waals surface area contributed by atoms with Gasteiger partial charge >= 0.3 is 0 Å². The maximum Gasteiger partial charge on any atom is 0.241 e. The van der Waals surface area contributed by atoms with Crippen LogP contribution in [0.15, 0.2) is 27.6 Å². The predicted octanol–water partition coefficient (Wildman–Crippen LogP) is 2.17. The highest BCUT2D eigenvalue weighted by atomic mass is 79.9. The van der Waals surface area contributed by atoms with Crippen molar-refractivity contribution in [2.45, 2.75) is 18.2 Å². The van der Waals surface area contributed by atoms with Crippen LogP contribution in [0, 0.1) is 6.92 Å². The molecular formula is C14H24BrCl2N3O2S. The molecule has 134 valence electrons. The van der Waals surface area contributed by atoms with Crippen LogP contribution in [0.3, 0.4) is 0 Å². The Morgan fingerprint density at radius 2 is 1.91 bits per heavy atom. The molecule has 0 unspecified atom stereocenters. The Bertz CT molecular complexity index is 581. The first-order chi connectivity index (χ1) is 9.99. The van der Waals surface area contributed by atoms with E-state index in [1.54, 1.807) is 12.1 Å². The predicted molar refractivity (Wildman–Crippen MR) is 102 cm³/mol. The third-order valence-corrected chi connectivity index (χ3v) is 5.97. The van der Waals surface area contributed by atoms with Crippen LogP contribution in [0.5, 0.6) is 0 Å². The topological polar surface area (TPSA) is 61.4 Å². The fourth-order valence-corrected chi connectivity index (χ4v) is 4.61. The van der Waals surface area contributed by atoms with Gasteiger partial charge in [-0.25, -0.2) is 13.1 Å². The lowest BCUT2D eigenvalue weighted by Gasteiger charge is -2.27. The molecule has 2 N–H and O–H groups in total. The molecule has 0 atom stereocenters. The standard InChI is InChI=1S/C14H22BrN3O2S.2ClH/c1-12-3-4-14(13(15)11-12)21(19,20)17-5-2-8-18-9-6-16-7-10-18;;/h3-4,11,16-17H,2,5-10H2,1H3;2*1H. The molecular weight excluding hydrogens is 425 g/mol. The normalized spacial score (nSPS) is 15.6. The first kappa shape index (κ1) is 23.1. The lowest BCUT2D eigenvalue weighted by Crippen LogP contribution is -2.44. The van der Waals surface area contributed by atoms with Crippen LogP contribution < -0.4 is 10.0 Å². The molecule has 0 radical (unpaired) electrons. The van der Waals surface area contributed by atoms with Crippen LogP contribution in [-0.4, -0.2) is 52.6 Å². The van der Waals surface area contributed by atoms with Crippen molar-refractivity contribution >= 4 is 50.8 Å². The minimum Gasteiger partial charge on any atom is -0.314 e. The van der Waals surface area contributed by atoms with Crippen molar-refractivity contribution < 1.29 is 8.42 Å². The van der Waals surface area contributed by atoms with E-state index in [9.17, 15) is 8.42 Å². The first-order valence-corrected chi connectivity index (χ1v) is 9.45. The molecule has 2 rings (SSSR count). The Hall–Kier alpha value is 0.110. The van der Waals surface area contributed by atoms with Gasteiger partial charge in [-0.05, 0) is 53.5 Å². The summed E-state index contributed by atoms with van der Waals surface area (Å²) in [5, 5.41) is 3.30. The van der Waals surface area contributed by atoms with Crippen molar-refractivity contribution in [3.05, 3.63) is 28.2 Å². The third-order valence-electron chi connectivity index (χ3n) is 3.53. The second-order valence-corrected chi connectivity index (χ2v) is 7.87. The Morgan fingerprint density at radius 1 is 1.26 bits per heavy atom. The zero-order valence-corrected chi connectivity index (χ0v) is 17.1. The summed E-state index contributed by atoms with van der Waals surface area (Å²) in [5.74, 6) is 0. The summed E-state index contributed by atoms with van der Waals surface area (Å²) < 4.78 is 27.8. The van der Waals surface area contributed by atoms with Gasteiger partial charge in [0, 0.05) is 37.2 Å². The lowest BCUT2D eigenvalue weighted by molar-refractivity contribution is 0.239. The SMILES string of the molecule is Cc1ccc(S(=O)(=O)NCCCN2CCNCC2)c(Br)c1.Cl.Cl. The zero-order valence-electron chi connectivity index (χ0n) is 13.0. The number of nitrogens with zero attached hydrogens (tertiary/aromatic N) is 1. The molecule has 0 saturated carbocycles. The van der Waals surface area contributed by atoms with E-state index in [0.717, 1.165) is 44.7 Å². The third kappa shape index (κ3) is 7.25. The van der Waals surface area contributed by atoms with Gasteiger partial charge in [-0.2, -0.15) is 0 Å². The van der Waals surface area contributed by atoms with E-state index in [0.29, 0.717) is 15.9 Å². The number of aryl methyl sites for hydroxylation is 1. The van der Waals surface area contributed by atoms with Gasteiger partial charge in [0.25, 0.3) is 0 Å². The molecule has 0 bridgehead atoms. The van der Waals surface area contributed by atoms with E-state index in [4.69, 9.17) is 0 Å². The van der Waals surface area contributed by atoms with Crippen molar-refractivity contribution in [1.29, 1.82) is 0 Å². The molecule has 1 heterocycles. The maximum atomic E-state index is 12.3. The molecule has 1 aromatic rings. The Labute approximate surface area is 159 Å². The van der Waals surface area contributed by atoms with E-state index in [1.165, 1.54) is 0 Å². The Morgan fingerprint density at radius 3 is 2.52 bits per heavy atom. The van der Waals surface area contributed by atoms with Crippen molar-refractivity contribution in [2.75, 3.05) is 39.3 Å². The number of nitrogens with one attached hydrogen (secondary N) is 2. The average molecular weight is 449 g/mol. The molecule has 0 spiro atoms. The van der Waals surface area contributed by atoms with E-state index >= 15 is 0 Å². The van der Waals surface area contributed by atoms with Crippen LogP contribution in [0.1, 0.15) is 12.0 Å². The van der Waals surface area contributed by atoms with Gasteiger partial charge in [-0.1, -0.05) is 6.07 Å². The van der Waals surface area contributed by atoms with Gasteiger partial charge in [0.15, 0.2) is 0 Å². The van der Waals surface area contributed by atoms with Crippen LogP contribution in [0.25, 0.3) is 0 Å². The summed E-state index contributed by atoms with van der Waals surface area (Å²) in [4.78, 5) is 2.65. The maximum absolute atomic E-state index is 12.3. The fraction of sp³-hybridized carbons (Fsp3) is 0.571. The van der Waals surface area contributed by atoms with E-state index in [1.807, 2.05) is 13.0 Å². The zero-order chi connectivity index (χ0) is 15.3. The number of hydrogen-bond donors (Lipinski definition) is 2. The van der Waals surface area contributed by atoms with Gasteiger partial charge in [0.05, 0.1) is 4.90 Å². The number of hydrogen-bond acceptors (Lipinski definition) is 4. The van der Waals surface area contributed by atoms with Crippen molar-refractivity contribution in [1.82, 2.24) is 14.9 Å². The number of rotatable bonds is 6. The van der Waals surface area contributed by atoms with Crippen LogP contribution in [0.4, 0.5) is 0 Å². The van der Waals surface area contributed by atoms with E-state index < -0.39 is 10.0 Å². The van der Waals surface area contributed by atoms with Crippen LogP contribution >= 0.6 is 40.7 Å². The first-order valence-electron chi connectivity index (χ1n) is 7.18. The van der Waals surface area contributed by atoms with Crippen molar-refractivity contribution in [2.24, 2.45) is 0 Å². The highest BCUT2D eigenvalue weighted by molar-refractivity contribution is 9.10. The Balaban J connectivity index is 0.00000242. The number of sulfonamides is 1. The van der Waals surface area contributed by atoms with Gasteiger partial charge in [-0.3, -0.25) is 0 Å². The largest absolute Gasteiger partial charge is 0.314 e. The van der Waals surface area contributed by atoms with Crippen molar-refractivity contribution in [3.63, 3.8) is 0 Å². The summed E-state index contributed by atoms with van der Waals surface area (Å²) in [6.07, 6.45) is 0.822. The summed E-state index contributed by atoms with van der Waals surface area (Å²) in [6.45, 7) is 7.44. The molecule has 1 saturated heterocycles. The second kappa shape index (κ2) is 10.9. The average Bonchev–Trinajstić information content (AvgIpc) is 2.44. The van der Waals surface area contributed by atoms with Gasteiger partial charge in [-0.15, -0.1) is 24.8 Å². The number of benzene rings is 1. The molecule has 1 aromatic carbocycles. The quantitative estimate of drug-likeness (QED) is 0.654. The highest BCUT2D eigenvalue weighted by Crippen LogP contribution is 2.22. The molecule has 1 aliphatic heterocycles. The second-order valence-electron chi connectivity index (χ2n) is 5.28. The summed E-state index contributed by atoms with van der Waals surface area (Å²) in [7, 11) is -3.44. The van der Waals surface area contributed by atoms with Gasteiger partial charge < -0.3 is 10.2 Å². The molecule has 5 nitrogen and oxygen atoms in total. The molecule has 9 heteroatoms. The highest BCUT2D eigenvalue weighted by Gasteiger charge is 2.17. The van der Waals surface area contributed by atoms with Crippen LogP contribution in [0.2, 0.25) is 0 Å². The molecule has 23 heavy (non-hydrogen) atoms. The summed E-state index contributed by atoms with van der Waals surface area (Å²) >= 11 is 3.32. The molecule has 1 fully saturated rings. The Kier molecular flexibility index (Phi) is 10.9. The van der Waals surface area contributed by atoms with Crippen molar-refractivity contribution in [3.8, 4) is 0 Å². The summed E-state index contributed by atoms with van der Waals surface area (Å²) in [5.41, 5.74) is 1.03. The van der Waals surface area contributed by atoms with Gasteiger partial charge in [0.2, 0.25) is 10.0 Å². The number of piperazine rings is 1. The molecule has 0 aliphatic carbocycles. The minimum atomic E-state index is -3.44. The molecule has 0 amide bonds. The molecule has 1 aliphatic rings. The fourth-order valence-electron chi connectivity index (χ4n) is 2.35. The van der Waals surface area contributed by atoms with E-state index in [-0.39, 0.29) is 24.8 Å². The lowest BCUT2D eigenvalue weighted by atomic mass is 10.2. The minimum absolute atomic E-state index is 0. The monoisotopic (exact) mass is 447 g/mol. The smallest absolute Gasteiger partial charge is 0.241 e. The van der Waals surface area contributed by atoms with E-state index in [2.05, 4.69) is 30.9 Å². The summed E-state index contributed by atoms with van der Waals surface area (Å²) in [6, 6.07) is 5.26. The van der Waals surface area contributed by atoms with Gasteiger partial charge in [0.1, 0.15) is 0 Å². The number of halogens is 3.